The fourth-order valence-corrected chi connectivity index (χ4v) is 3.39. The molecule has 1 atom stereocenters. The van der Waals surface area contributed by atoms with Gasteiger partial charge in [0.15, 0.2) is 5.82 Å². The summed E-state index contributed by atoms with van der Waals surface area (Å²) in [6.07, 6.45) is 1.85. The molecular weight excluding hydrogens is 280 g/mol. The van der Waals surface area contributed by atoms with Crippen LogP contribution in [-0.4, -0.2) is 32.1 Å². The number of nitrogens with zero attached hydrogens (tertiary/aromatic N) is 4. The van der Waals surface area contributed by atoms with Gasteiger partial charge in [-0.1, -0.05) is 5.16 Å². The minimum atomic E-state index is -0.0744. The number of aryl methyl sites for hydroxylation is 2. The van der Waals surface area contributed by atoms with Crippen LogP contribution in [0.4, 0.5) is 0 Å². The van der Waals surface area contributed by atoms with Gasteiger partial charge in [0.1, 0.15) is 0 Å². The Labute approximate surface area is 130 Å². The van der Waals surface area contributed by atoms with Crippen molar-refractivity contribution in [1.29, 1.82) is 0 Å². The van der Waals surface area contributed by atoms with Gasteiger partial charge in [0, 0.05) is 31.4 Å². The monoisotopic (exact) mass is 302 g/mol. The number of amides is 1. The van der Waals surface area contributed by atoms with Crippen molar-refractivity contribution < 1.29 is 9.32 Å². The molecule has 2 aromatic rings. The van der Waals surface area contributed by atoms with E-state index in [1.54, 1.807) is 6.92 Å². The van der Waals surface area contributed by atoms with E-state index in [2.05, 4.69) is 21.6 Å². The second-order valence-corrected chi connectivity index (χ2v) is 5.86. The molecule has 0 aliphatic carbocycles. The number of hydrogen-bond donors (Lipinski definition) is 0. The quantitative estimate of drug-likeness (QED) is 0.874. The van der Waals surface area contributed by atoms with E-state index in [0.29, 0.717) is 11.7 Å². The lowest BCUT2D eigenvalue weighted by molar-refractivity contribution is 0.0727. The Balaban J connectivity index is 1.91. The highest BCUT2D eigenvalue weighted by atomic mass is 16.5. The predicted octanol–water partition coefficient (Wildman–Crippen LogP) is 2.79. The van der Waals surface area contributed by atoms with Gasteiger partial charge in [-0.3, -0.25) is 4.79 Å². The molecule has 1 unspecified atom stereocenters. The molecule has 0 N–H and O–H groups in total. The van der Waals surface area contributed by atoms with Crippen molar-refractivity contribution in [2.24, 2.45) is 0 Å². The zero-order chi connectivity index (χ0) is 15.9. The van der Waals surface area contributed by atoms with Crippen molar-refractivity contribution in [3.63, 3.8) is 0 Å². The van der Waals surface area contributed by atoms with Gasteiger partial charge in [-0.25, -0.2) is 0 Å². The third kappa shape index (κ3) is 2.32. The largest absolute Gasteiger partial charge is 0.349 e. The maximum absolute atomic E-state index is 13.0. The van der Waals surface area contributed by atoms with Crippen molar-refractivity contribution >= 4 is 5.91 Å². The van der Waals surface area contributed by atoms with Crippen LogP contribution in [0.2, 0.25) is 0 Å². The van der Waals surface area contributed by atoms with Crippen LogP contribution in [0, 0.1) is 20.8 Å². The third-order valence-electron chi connectivity index (χ3n) is 4.48. The Morgan fingerprint density at radius 2 is 2.18 bits per heavy atom. The first-order valence-corrected chi connectivity index (χ1v) is 7.80. The van der Waals surface area contributed by atoms with Gasteiger partial charge < -0.3 is 14.0 Å². The summed E-state index contributed by atoms with van der Waals surface area (Å²) in [5.74, 6) is 1.23. The zero-order valence-corrected chi connectivity index (χ0v) is 13.6. The lowest BCUT2D eigenvalue weighted by Gasteiger charge is -2.22. The molecule has 0 bridgehead atoms. The molecule has 0 saturated carbocycles. The number of carbonyl (C=O) groups is 1. The summed E-state index contributed by atoms with van der Waals surface area (Å²) >= 11 is 0. The number of hydrogen-bond acceptors (Lipinski definition) is 4. The minimum absolute atomic E-state index is 0.0674. The SMILES string of the molecule is CCn1c(C)cc(C(=O)N2CCCC2c2noc(C)n2)c1C. The maximum atomic E-state index is 13.0. The molecule has 1 aliphatic heterocycles. The Hall–Kier alpha value is -2.11. The van der Waals surface area contributed by atoms with Crippen LogP contribution in [0.3, 0.4) is 0 Å². The molecule has 6 heteroatoms. The van der Waals surface area contributed by atoms with E-state index in [1.807, 2.05) is 24.8 Å². The summed E-state index contributed by atoms with van der Waals surface area (Å²) in [5, 5.41) is 4.00. The Morgan fingerprint density at radius 3 is 2.77 bits per heavy atom. The van der Waals surface area contributed by atoms with Crippen LogP contribution in [0.5, 0.6) is 0 Å². The van der Waals surface area contributed by atoms with Crippen molar-refractivity contribution in [2.45, 2.75) is 53.1 Å². The fraction of sp³-hybridized carbons (Fsp3) is 0.562. The van der Waals surface area contributed by atoms with E-state index in [1.165, 1.54) is 0 Å². The van der Waals surface area contributed by atoms with E-state index < -0.39 is 0 Å². The van der Waals surface area contributed by atoms with Crippen LogP contribution in [0.25, 0.3) is 0 Å². The van der Waals surface area contributed by atoms with Crippen molar-refractivity contribution in [3.8, 4) is 0 Å². The predicted molar refractivity (Wildman–Crippen MR) is 81.6 cm³/mol. The lowest BCUT2D eigenvalue weighted by atomic mass is 10.1. The highest BCUT2D eigenvalue weighted by Crippen LogP contribution is 2.32. The first-order valence-electron chi connectivity index (χ1n) is 7.80. The van der Waals surface area contributed by atoms with Crippen LogP contribution in [-0.2, 0) is 6.54 Å². The van der Waals surface area contributed by atoms with Gasteiger partial charge in [0.2, 0.25) is 5.89 Å². The molecule has 0 spiro atoms. The molecular formula is C16H22N4O2. The minimum Gasteiger partial charge on any atom is -0.349 e. The molecule has 1 amide bonds. The average molecular weight is 302 g/mol. The van der Waals surface area contributed by atoms with E-state index in [-0.39, 0.29) is 11.9 Å². The fourth-order valence-electron chi connectivity index (χ4n) is 3.39. The highest BCUT2D eigenvalue weighted by molar-refractivity contribution is 5.96. The topological polar surface area (TPSA) is 64.2 Å². The van der Waals surface area contributed by atoms with Gasteiger partial charge in [0.05, 0.1) is 11.6 Å². The first-order chi connectivity index (χ1) is 10.5. The summed E-state index contributed by atoms with van der Waals surface area (Å²) in [6.45, 7) is 9.53. The normalized spacial score (nSPS) is 18.2. The van der Waals surface area contributed by atoms with Crippen LogP contribution in [0.15, 0.2) is 10.6 Å². The third-order valence-corrected chi connectivity index (χ3v) is 4.48. The van der Waals surface area contributed by atoms with E-state index in [9.17, 15) is 4.79 Å². The summed E-state index contributed by atoms with van der Waals surface area (Å²) in [6, 6.07) is 1.91. The second kappa shape index (κ2) is 5.59. The van der Waals surface area contributed by atoms with Crippen LogP contribution >= 0.6 is 0 Å². The summed E-state index contributed by atoms with van der Waals surface area (Å²) in [4.78, 5) is 19.2. The molecule has 1 aliphatic rings. The first kappa shape index (κ1) is 14.8. The van der Waals surface area contributed by atoms with Crippen LogP contribution in [0.1, 0.15) is 59.3 Å². The molecule has 0 radical (unpaired) electrons. The van der Waals surface area contributed by atoms with Gasteiger partial charge in [-0.2, -0.15) is 4.98 Å². The molecule has 22 heavy (non-hydrogen) atoms. The summed E-state index contributed by atoms with van der Waals surface area (Å²) in [5.41, 5.74) is 2.93. The van der Waals surface area contributed by atoms with Gasteiger partial charge in [0.25, 0.3) is 5.91 Å². The van der Waals surface area contributed by atoms with Gasteiger partial charge in [-0.05, 0) is 39.7 Å². The summed E-state index contributed by atoms with van der Waals surface area (Å²) < 4.78 is 7.24. The average Bonchev–Trinajstić information content (AvgIpc) is 3.17. The van der Waals surface area contributed by atoms with E-state index in [0.717, 1.165) is 42.9 Å². The highest BCUT2D eigenvalue weighted by Gasteiger charge is 2.34. The Bertz CT molecular complexity index is 701. The van der Waals surface area contributed by atoms with Gasteiger partial charge in [-0.15, -0.1) is 0 Å². The number of likely N-dealkylation sites (tertiary alicyclic amines) is 1. The molecule has 2 aromatic heterocycles. The molecule has 3 heterocycles. The standard InChI is InChI=1S/C16H22N4O2/c1-5-19-10(2)9-13(11(19)3)16(21)20-8-6-7-14(20)15-17-12(4)22-18-15/h9,14H,5-8H2,1-4H3. The summed E-state index contributed by atoms with van der Waals surface area (Å²) in [7, 11) is 0. The number of carbonyl (C=O) groups excluding carboxylic acids is 1. The Morgan fingerprint density at radius 1 is 1.41 bits per heavy atom. The van der Waals surface area contributed by atoms with Gasteiger partial charge >= 0.3 is 0 Å². The Kier molecular flexibility index (Phi) is 3.76. The molecule has 3 rings (SSSR count). The number of aromatic nitrogens is 3. The smallest absolute Gasteiger partial charge is 0.256 e. The van der Waals surface area contributed by atoms with Crippen molar-refractivity contribution in [3.05, 3.63) is 34.7 Å². The molecule has 6 nitrogen and oxygen atoms in total. The van der Waals surface area contributed by atoms with E-state index >= 15 is 0 Å². The molecule has 1 saturated heterocycles. The lowest BCUT2D eigenvalue weighted by Crippen LogP contribution is -2.31. The molecule has 0 aromatic carbocycles. The molecule has 1 fully saturated rings. The zero-order valence-electron chi connectivity index (χ0n) is 13.6. The maximum Gasteiger partial charge on any atom is 0.256 e. The molecule has 118 valence electrons. The number of rotatable bonds is 3. The van der Waals surface area contributed by atoms with Crippen LogP contribution < -0.4 is 0 Å². The van der Waals surface area contributed by atoms with E-state index in [4.69, 9.17) is 4.52 Å². The van der Waals surface area contributed by atoms with Crippen molar-refractivity contribution in [1.82, 2.24) is 19.6 Å². The van der Waals surface area contributed by atoms with Crippen molar-refractivity contribution in [2.75, 3.05) is 6.54 Å². The second-order valence-electron chi connectivity index (χ2n) is 5.86.